The number of carbonyl (C=O) groups excluding carboxylic acids is 1. The number of carbonyl (C=O) groups is 1. The van der Waals surface area contributed by atoms with Crippen molar-refractivity contribution in [2.45, 2.75) is 45.5 Å². The Labute approximate surface area is 190 Å². The normalized spacial score (nSPS) is 12.1. The number of hydrogen-bond donors (Lipinski definition) is 1. The molecule has 166 valence electrons. The number of benzene rings is 1. The highest BCUT2D eigenvalue weighted by Gasteiger charge is 2.22. The van der Waals surface area contributed by atoms with Crippen molar-refractivity contribution in [1.82, 2.24) is 19.7 Å². The maximum atomic E-state index is 12.3. The topological polar surface area (TPSA) is 91.2 Å². The average Bonchev–Trinajstić information content (AvgIpc) is 3.32. The minimum absolute atomic E-state index is 0.127. The number of thiazole rings is 1. The Balaban J connectivity index is 1.72. The van der Waals surface area contributed by atoms with Gasteiger partial charge >= 0.3 is 0 Å². The van der Waals surface area contributed by atoms with Crippen molar-refractivity contribution >= 4 is 34.1 Å². The maximum Gasteiger partial charge on any atom is 0.236 e. The Bertz CT molecular complexity index is 1020. The number of hydrogen-bond acceptors (Lipinski definition) is 8. The van der Waals surface area contributed by atoms with Crippen LogP contribution in [0.15, 0.2) is 34.8 Å². The zero-order chi connectivity index (χ0) is 22.4. The first-order valence-corrected chi connectivity index (χ1v) is 11.8. The van der Waals surface area contributed by atoms with Crippen molar-refractivity contribution in [1.29, 1.82) is 0 Å². The molecule has 0 aliphatic heterocycles. The van der Waals surface area contributed by atoms with Gasteiger partial charge in [-0.1, -0.05) is 37.7 Å². The summed E-state index contributed by atoms with van der Waals surface area (Å²) in [6, 6.07) is 7.50. The number of ether oxygens (including phenoxy) is 2. The number of methoxy groups -OCH3 is 1. The average molecular weight is 462 g/mol. The lowest BCUT2D eigenvalue weighted by Crippen LogP contribution is -2.17. The second-order valence-electron chi connectivity index (χ2n) is 7.39. The molecule has 3 aromatic rings. The Hall–Kier alpha value is -2.59. The fraction of sp³-hybridized carbons (Fsp3) is 0.429. The maximum absolute atomic E-state index is 12.3. The molecular formula is C21H27N5O3S2. The smallest absolute Gasteiger partial charge is 0.236 e. The van der Waals surface area contributed by atoms with Crippen molar-refractivity contribution in [2.24, 2.45) is 5.92 Å². The van der Waals surface area contributed by atoms with Gasteiger partial charge in [-0.05, 0) is 31.9 Å². The van der Waals surface area contributed by atoms with Gasteiger partial charge in [0.05, 0.1) is 18.6 Å². The highest BCUT2D eigenvalue weighted by atomic mass is 32.2. The highest BCUT2D eigenvalue weighted by Crippen LogP contribution is 2.31. The van der Waals surface area contributed by atoms with Gasteiger partial charge in [-0.15, -0.1) is 21.5 Å². The fourth-order valence-electron chi connectivity index (χ4n) is 2.90. The van der Waals surface area contributed by atoms with Crippen LogP contribution < -0.4 is 14.8 Å². The molecule has 8 nitrogen and oxygen atoms in total. The van der Waals surface area contributed by atoms with Gasteiger partial charge in [0.25, 0.3) is 0 Å². The SMILES string of the molecule is COc1ccccc1OC(C)c1nnc(SCC(=O)Nc2nc(C)cs2)n1CC(C)C. The van der Waals surface area contributed by atoms with E-state index in [2.05, 4.69) is 34.3 Å². The van der Waals surface area contributed by atoms with Gasteiger partial charge in [-0.3, -0.25) is 4.79 Å². The monoisotopic (exact) mass is 461 g/mol. The summed E-state index contributed by atoms with van der Waals surface area (Å²) < 4.78 is 13.5. The summed E-state index contributed by atoms with van der Waals surface area (Å²) in [5.74, 6) is 2.48. The second kappa shape index (κ2) is 10.6. The first-order chi connectivity index (χ1) is 14.9. The molecule has 0 saturated heterocycles. The molecule has 2 aromatic heterocycles. The zero-order valence-electron chi connectivity index (χ0n) is 18.3. The lowest BCUT2D eigenvalue weighted by atomic mass is 10.2. The molecule has 0 aliphatic rings. The minimum Gasteiger partial charge on any atom is -0.493 e. The van der Waals surface area contributed by atoms with Crippen molar-refractivity contribution in [3.05, 3.63) is 41.2 Å². The Kier molecular flexibility index (Phi) is 7.91. The molecule has 10 heteroatoms. The molecule has 0 saturated carbocycles. The number of aromatic nitrogens is 4. The van der Waals surface area contributed by atoms with Crippen LogP contribution in [0, 0.1) is 12.8 Å². The number of nitrogens with zero attached hydrogens (tertiary/aromatic N) is 4. The number of aryl methyl sites for hydroxylation is 1. The molecule has 31 heavy (non-hydrogen) atoms. The van der Waals surface area contributed by atoms with Gasteiger partial charge in [0, 0.05) is 11.9 Å². The van der Waals surface area contributed by atoms with Gasteiger partial charge in [0.15, 0.2) is 33.7 Å². The molecule has 0 aliphatic carbocycles. The largest absolute Gasteiger partial charge is 0.493 e. The van der Waals surface area contributed by atoms with Crippen LogP contribution in [0.25, 0.3) is 0 Å². The molecular weight excluding hydrogens is 434 g/mol. The summed E-state index contributed by atoms with van der Waals surface area (Å²) in [6.45, 7) is 8.80. The van der Waals surface area contributed by atoms with Crippen LogP contribution >= 0.6 is 23.1 Å². The van der Waals surface area contributed by atoms with E-state index in [1.807, 2.05) is 48.1 Å². The molecule has 0 spiro atoms. The number of rotatable bonds is 10. The molecule has 1 amide bonds. The van der Waals surface area contributed by atoms with E-state index in [4.69, 9.17) is 9.47 Å². The van der Waals surface area contributed by atoms with Crippen LogP contribution in [0.1, 0.15) is 38.4 Å². The lowest BCUT2D eigenvalue weighted by Gasteiger charge is -2.19. The molecule has 0 bridgehead atoms. The summed E-state index contributed by atoms with van der Waals surface area (Å²) >= 11 is 2.76. The van der Waals surface area contributed by atoms with Gasteiger partial charge in [0.1, 0.15) is 0 Å². The van der Waals surface area contributed by atoms with Crippen molar-refractivity contribution < 1.29 is 14.3 Å². The number of nitrogens with one attached hydrogen (secondary N) is 1. The van der Waals surface area contributed by atoms with Gasteiger partial charge in [-0.2, -0.15) is 0 Å². The molecule has 1 unspecified atom stereocenters. The number of para-hydroxylation sites is 2. The standard InChI is InChI=1S/C21H27N5O3S2/c1-13(2)10-26-19(15(4)29-17-9-7-6-8-16(17)28-5)24-25-21(26)31-12-18(27)23-20-22-14(3)11-30-20/h6-9,11,13,15H,10,12H2,1-5H3,(H,22,23,27). The quantitative estimate of drug-likeness (QED) is 0.442. The highest BCUT2D eigenvalue weighted by molar-refractivity contribution is 7.99. The first kappa shape index (κ1) is 23.1. The van der Waals surface area contributed by atoms with Crippen LogP contribution in [0.2, 0.25) is 0 Å². The van der Waals surface area contributed by atoms with Crippen LogP contribution in [0.3, 0.4) is 0 Å². The van der Waals surface area contributed by atoms with Crippen LogP contribution in [0.5, 0.6) is 11.5 Å². The van der Waals surface area contributed by atoms with E-state index in [-0.39, 0.29) is 17.8 Å². The molecule has 1 N–H and O–H groups in total. The van der Waals surface area contributed by atoms with Crippen LogP contribution in [0.4, 0.5) is 5.13 Å². The molecule has 0 fully saturated rings. The van der Waals surface area contributed by atoms with Gasteiger partial charge in [0.2, 0.25) is 5.91 Å². The van der Waals surface area contributed by atoms with Crippen molar-refractivity contribution in [3.8, 4) is 11.5 Å². The molecule has 2 heterocycles. The number of amides is 1. The second-order valence-corrected chi connectivity index (χ2v) is 9.19. The van der Waals surface area contributed by atoms with E-state index in [9.17, 15) is 4.79 Å². The summed E-state index contributed by atoms with van der Waals surface area (Å²) in [6.07, 6.45) is -0.343. The predicted octanol–water partition coefficient (Wildman–Crippen LogP) is 4.58. The van der Waals surface area contributed by atoms with Crippen molar-refractivity contribution in [3.63, 3.8) is 0 Å². The molecule has 1 aromatic carbocycles. The molecule has 0 radical (unpaired) electrons. The third kappa shape index (κ3) is 6.20. The first-order valence-electron chi connectivity index (χ1n) is 9.95. The number of anilines is 1. The lowest BCUT2D eigenvalue weighted by molar-refractivity contribution is -0.113. The van der Waals surface area contributed by atoms with E-state index < -0.39 is 0 Å². The summed E-state index contributed by atoms with van der Waals surface area (Å²) in [5.41, 5.74) is 0.887. The summed E-state index contributed by atoms with van der Waals surface area (Å²) in [7, 11) is 1.61. The van der Waals surface area contributed by atoms with Crippen molar-refractivity contribution in [2.75, 3.05) is 18.2 Å². The van der Waals surface area contributed by atoms with E-state index >= 15 is 0 Å². The zero-order valence-corrected chi connectivity index (χ0v) is 19.9. The van der Waals surface area contributed by atoms with Gasteiger partial charge < -0.3 is 19.4 Å². The van der Waals surface area contributed by atoms with Crippen LogP contribution in [-0.4, -0.2) is 38.5 Å². The van der Waals surface area contributed by atoms with Crippen LogP contribution in [-0.2, 0) is 11.3 Å². The molecule has 1 atom stereocenters. The Morgan fingerprint density at radius 2 is 1.97 bits per heavy atom. The predicted molar refractivity (Wildman–Crippen MR) is 123 cm³/mol. The Morgan fingerprint density at radius 1 is 1.23 bits per heavy atom. The van der Waals surface area contributed by atoms with E-state index in [0.717, 1.165) is 12.2 Å². The summed E-state index contributed by atoms with van der Waals surface area (Å²) in [5, 5.41) is 14.7. The summed E-state index contributed by atoms with van der Waals surface area (Å²) in [4.78, 5) is 16.6. The fourth-order valence-corrected chi connectivity index (χ4v) is 4.36. The van der Waals surface area contributed by atoms with E-state index in [0.29, 0.717) is 33.5 Å². The third-order valence-electron chi connectivity index (χ3n) is 4.23. The number of thioether (sulfide) groups is 1. The van der Waals surface area contributed by atoms with Gasteiger partial charge in [-0.25, -0.2) is 4.98 Å². The molecule has 3 rings (SSSR count). The third-order valence-corrected chi connectivity index (χ3v) is 6.07. The van der Waals surface area contributed by atoms with E-state index in [1.165, 1.54) is 23.1 Å². The minimum atomic E-state index is -0.343. The van der Waals surface area contributed by atoms with E-state index in [1.54, 1.807) is 7.11 Å². The Morgan fingerprint density at radius 3 is 2.61 bits per heavy atom.